The normalized spacial score (nSPS) is 16.3. The van der Waals surface area contributed by atoms with Gasteiger partial charge in [-0.05, 0) is 50.2 Å². The number of anilines is 1. The monoisotopic (exact) mass is 271 g/mol. The number of benzene rings is 1. The average molecular weight is 271 g/mol. The molecule has 2 heterocycles. The number of nitrogens with zero attached hydrogens (tertiary/aromatic N) is 3. The van der Waals surface area contributed by atoms with Crippen molar-refractivity contribution in [3.63, 3.8) is 0 Å². The first-order chi connectivity index (χ1) is 9.74. The SMILES string of the molecule is CN(C)c1ccc(-c2n[nH]c(C3CCNCC3)n2)cc1. The molecule has 0 spiro atoms. The van der Waals surface area contributed by atoms with Crippen LogP contribution < -0.4 is 10.2 Å². The lowest BCUT2D eigenvalue weighted by Crippen LogP contribution is -2.27. The molecule has 1 aliphatic heterocycles. The lowest BCUT2D eigenvalue weighted by Gasteiger charge is -2.19. The van der Waals surface area contributed by atoms with Crippen molar-refractivity contribution >= 4 is 5.69 Å². The quantitative estimate of drug-likeness (QED) is 0.896. The average Bonchev–Trinajstić information content (AvgIpc) is 2.98. The van der Waals surface area contributed by atoms with Crippen molar-refractivity contribution < 1.29 is 0 Å². The fourth-order valence-corrected chi connectivity index (χ4v) is 2.59. The van der Waals surface area contributed by atoms with Gasteiger partial charge in [0.1, 0.15) is 5.82 Å². The second kappa shape index (κ2) is 5.63. The lowest BCUT2D eigenvalue weighted by molar-refractivity contribution is 0.446. The maximum absolute atomic E-state index is 4.67. The number of nitrogens with one attached hydrogen (secondary N) is 2. The summed E-state index contributed by atoms with van der Waals surface area (Å²) in [6, 6.07) is 8.33. The minimum absolute atomic E-state index is 0.513. The fourth-order valence-electron chi connectivity index (χ4n) is 2.59. The second-order valence-corrected chi connectivity index (χ2v) is 5.51. The summed E-state index contributed by atoms with van der Waals surface area (Å²) in [5.41, 5.74) is 2.25. The molecule has 106 valence electrons. The van der Waals surface area contributed by atoms with Crippen LogP contribution in [-0.4, -0.2) is 42.4 Å². The molecule has 1 aromatic carbocycles. The zero-order valence-corrected chi connectivity index (χ0v) is 12.1. The van der Waals surface area contributed by atoms with Gasteiger partial charge in [-0.15, -0.1) is 0 Å². The van der Waals surface area contributed by atoms with Gasteiger partial charge in [-0.25, -0.2) is 4.98 Å². The molecule has 3 rings (SSSR count). The van der Waals surface area contributed by atoms with Crippen LogP contribution in [0.5, 0.6) is 0 Å². The maximum atomic E-state index is 4.67. The summed E-state index contributed by atoms with van der Waals surface area (Å²) >= 11 is 0. The summed E-state index contributed by atoms with van der Waals surface area (Å²) in [7, 11) is 4.08. The van der Waals surface area contributed by atoms with Gasteiger partial charge in [-0.2, -0.15) is 5.10 Å². The van der Waals surface area contributed by atoms with Crippen LogP contribution in [0.2, 0.25) is 0 Å². The van der Waals surface area contributed by atoms with Gasteiger partial charge < -0.3 is 10.2 Å². The first kappa shape index (κ1) is 13.1. The van der Waals surface area contributed by atoms with Crippen LogP contribution in [-0.2, 0) is 0 Å². The van der Waals surface area contributed by atoms with Crippen molar-refractivity contribution in [1.29, 1.82) is 0 Å². The van der Waals surface area contributed by atoms with Gasteiger partial charge in [0.2, 0.25) is 0 Å². The molecule has 0 unspecified atom stereocenters. The van der Waals surface area contributed by atoms with E-state index in [1.165, 1.54) is 5.69 Å². The van der Waals surface area contributed by atoms with Crippen molar-refractivity contribution in [2.75, 3.05) is 32.1 Å². The number of hydrogen-bond donors (Lipinski definition) is 2. The van der Waals surface area contributed by atoms with Gasteiger partial charge in [0.25, 0.3) is 0 Å². The number of H-pyrrole nitrogens is 1. The number of aromatic nitrogens is 3. The third kappa shape index (κ3) is 2.67. The van der Waals surface area contributed by atoms with E-state index in [0.717, 1.165) is 43.1 Å². The van der Waals surface area contributed by atoms with Crippen molar-refractivity contribution in [2.45, 2.75) is 18.8 Å². The highest BCUT2D eigenvalue weighted by Crippen LogP contribution is 2.25. The Morgan fingerprint density at radius 2 is 1.80 bits per heavy atom. The van der Waals surface area contributed by atoms with Crippen LogP contribution in [0.1, 0.15) is 24.6 Å². The molecule has 5 heteroatoms. The zero-order chi connectivity index (χ0) is 13.9. The van der Waals surface area contributed by atoms with Crippen LogP contribution in [0.3, 0.4) is 0 Å². The lowest BCUT2D eigenvalue weighted by atomic mass is 9.98. The molecule has 0 amide bonds. The van der Waals surface area contributed by atoms with E-state index in [1.807, 2.05) is 14.1 Å². The van der Waals surface area contributed by atoms with Crippen LogP contribution in [0, 0.1) is 0 Å². The summed E-state index contributed by atoms with van der Waals surface area (Å²) in [6.45, 7) is 2.14. The van der Waals surface area contributed by atoms with E-state index in [0.29, 0.717) is 5.92 Å². The molecule has 0 aliphatic carbocycles. The third-order valence-electron chi connectivity index (χ3n) is 3.87. The van der Waals surface area contributed by atoms with Crippen LogP contribution in [0.25, 0.3) is 11.4 Å². The van der Waals surface area contributed by atoms with Crippen molar-refractivity contribution in [3.05, 3.63) is 30.1 Å². The maximum Gasteiger partial charge on any atom is 0.181 e. The van der Waals surface area contributed by atoms with E-state index >= 15 is 0 Å². The van der Waals surface area contributed by atoms with Crippen LogP contribution in [0.15, 0.2) is 24.3 Å². The number of piperidine rings is 1. The molecular weight excluding hydrogens is 250 g/mol. The summed E-state index contributed by atoms with van der Waals surface area (Å²) in [6.07, 6.45) is 2.27. The Kier molecular flexibility index (Phi) is 3.69. The topological polar surface area (TPSA) is 56.8 Å². The van der Waals surface area contributed by atoms with Gasteiger partial charge in [0, 0.05) is 31.3 Å². The Labute approximate surface area is 119 Å². The van der Waals surface area contributed by atoms with E-state index in [-0.39, 0.29) is 0 Å². The molecule has 1 aliphatic rings. The standard InChI is InChI=1S/C15H21N5/c1-20(2)13-5-3-11(4-6-13)14-17-15(19-18-14)12-7-9-16-10-8-12/h3-6,12,16H,7-10H2,1-2H3,(H,17,18,19). The van der Waals surface area contributed by atoms with Crippen molar-refractivity contribution in [1.82, 2.24) is 20.5 Å². The zero-order valence-electron chi connectivity index (χ0n) is 12.1. The second-order valence-electron chi connectivity index (χ2n) is 5.51. The highest BCUT2D eigenvalue weighted by atomic mass is 15.2. The first-order valence-electron chi connectivity index (χ1n) is 7.15. The molecule has 1 fully saturated rings. The summed E-state index contributed by atoms with van der Waals surface area (Å²) in [4.78, 5) is 6.76. The summed E-state index contributed by atoms with van der Waals surface area (Å²) in [5.74, 6) is 2.33. The Balaban J connectivity index is 1.78. The van der Waals surface area contributed by atoms with Gasteiger partial charge in [0.15, 0.2) is 5.82 Å². The Hall–Kier alpha value is -1.88. The Morgan fingerprint density at radius 3 is 2.45 bits per heavy atom. The van der Waals surface area contributed by atoms with Gasteiger partial charge >= 0.3 is 0 Å². The molecule has 20 heavy (non-hydrogen) atoms. The minimum Gasteiger partial charge on any atom is -0.378 e. The smallest absolute Gasteiger partial charge is 0.181 e. The predicted molar refractivity (Wildman–Crippen MR) is 81.0 cm³/mol. The summed E-state index contributed by atoms with van der Waals surface area (Å²) in [5, 5.41) is 10.9. The van der Waals surface area contributed by atoms with Crippen LogP contribution in [0.4, 0.5) is 5.69 Å². The molecule has 0 atom stereocenters. The number of hydrogen-bond acceptors (Lipinski definition) is 4. The molecule has 1 saturated heterocycles. The predicted octanol–water partition coefficient (Wildman–Crippen LogP) is 2.00. The van der Waals surface area contributed by atoms with Gasteiger partial charge in [-0.3, -0.25) is 5.10 Å². The molecule has 0 bridgehead atoms. The van der Waals surface area contributed by atoms with E-state index < -0.39 is 0 Å². The third-order valence-corrected chi connectivity index (χ3v) is 3.87. The van der Waals surface area contributed by atoms with E-state index in [2.05, 4.69) is 49.7 Å². The van der Waals surface area contributed by atoms with Gasteiger partial charge in [0.05, 0.1) is 0 Å². The van der Waals surface area contributed by atoms with Gasteiger partial charge in [-0.1, -0.05) is 0 Å². The molecule has 5 nitrogen and oxygen atoms in total. The fraction of sp³-hybridized carbons (Fsp3) is 0.467. The molecule has 0 radical (unpaired) electrons. The van der Waals surface area contributed by atoms with Crippen molar-refractivity contribution in [2.24, 2.45) is 0 Å². The van der Waals surface area contributed by atoms with E-state index in [1.54, 1.807) is 0 Å². The summed E-state index contributed by atoms with van der Waals surface area (Å²) < 4.78 is 0. The molecule has 0 saturated carbocycles. The number of aromatic amines is 1. The first-order valence-corrected chi connectivity index (χ1v) is 7.15. The van der Waals surface area contributed by atoms with Crippen LogP contribution >= 0.6 is 0 Å². The molecule has 2 N–H and O–H groups in total. The minimum atomic E-state index is 0.513. The number of rotatable bonds is 3. The molecule has 2 aromatic rings. The van der Waals surface area contributed by atoms with E-state index in [4.69, 9.17) is 0 Å². The Morgan fingerprint density at radius 1 is 1.10 bits per heavy atom. The van der Waals surface area contributed by atoms with Crippen molar-refractivity contribution in [3.8, 4) is 11.4 Å². The van der Waals surface area contributed by atoms with E-state index in [9.17, 15) is 0 Å². The molecular formula is C15H21N5. The molecule has 1 aromatic heterocycles. The highest BCUT2D eigenvalue weighted by Gasteiger charge is 2.19. The Bertz CT molecular complexity index is 552. The largest absolute Gasteiger partial charge is 0.378 e. The highest BCUT2D eigenvalue weighted by molar-refractivity contribution is 5.59.